The molecule has 0 fully saturated rings. The average Bonchev–Trinajstić information content (AvgIpc) is 3.13. The number of aryl methyl sites for hydroxylation is 6. The average molecular weight is 670 g/mol. The SMILES string of the molecule is Cc1ccc(N(c2ccc(C)cc2)c2ccc3ccc(CCC[PH](c4ccc(C)cc4)(c4ccc(C)cc4)c4ccc(C)cc4)cc3c2)cc1. The molecule has 1 nitrogen and oxygen atoms in total. The van der Waals surface area contributed by atoms with E-state index in [0.717, 1.165) is 19.0 Å². The summed E-state index contributed by atoms with van der Waals surface area (Å²) >= 11 is 0. The Balaban J connectivity index is 1.23. The van der Waals surface area contributed by atoms with Gasteiger partial charge in [0.25, 0.3) is 0 Å². The molecule has 0 atom stereocenters. The van der Waals surface area contributed by atoms with E-state index in [0.29, 0.717) is 0 Å². The maximum absolute atomic E-state index is 2.42. The molecule has 0 bridgehead atoms. The number of nitrogens with zero attached hydrogens (tertiary/aromatic N) is 1. The minimum absolute atomic E-state index is 1.04. The fourth-order valence-corrected chi connectivity index (χ4v) is 12.2. The van der Waals surface area contributed by atoms with Gasteiger partial charge in [-0.1, -0.05) is 11.1 Å². The van der Waals surface area contributed by atoms with Crippen LogP contribution in [0.1, 0.15) is 39.8 Å². The monoisotopic (exact) mass is 669 g/mol. The summed E-state index contributed by atoms with van der Waals surface area (Å²) in [5, 5.41) is 7.03. The zero-order valence-corrected chi connectivity index (χ0v) is 31.1. The molecular formula is C48H48NP. The summed E-state index contributed by atoms with van der Waals surface area (Å²) in [7, 11) is -2.31. The Kier molecular flexibility index (Phi) is 9.71. The summed E-state index contributed by atoms with van der Waals surface area (Å²) in [6.45, 7) is 10.9. The second-order valence-electron chi connectivity index (χ2n) is 14.2. The summed E-state index contributed by atoms with van der Waals surface area (Å²) in [6.07, 6.45) is 3.30. The molecule has 7 rings (SSSR count). The van der Waals surface area contributed by atoms with E-state index in [1.165, 1.54) is 77.1 Å². The van der Waals surface area contributed by atoms with Crippen molar-refractivity contribution < 1.29 is 0 Å². The Morgan fingerprint density at radius 2 is 0.760 bits per heavy atom. The minimum atomic E-state index is -2.31. The third-order valence-electron chi connectivity index (χ3n) is 10.4. The molecule has 250 valence electrons. The summed E-state index contributed by atoms with van der Waals surface area (Å²) in [6, 6.07) is 59.9. The molecule has 0 spiro atoms. The number of fused-ring (bicyclic) bond motifs is 1. The van der Waals surface area contributed by atoms with E-state index < -0.39 is 7.26 Å². The van der Waals surface area contributed by atoms with Gasteiger partial charge in [-0.05, 0) is 13.8 Å². The van der Waals surface area contributed by atoms with Crippen molar-refractivity contribution in [1.82, 2.24) is 0 Å². The van der Waals surface area contributed by atoms with Gasteiger partial charge in [0.1, 0.15) is 0 Å². The molecule has 0 amide bonds. The zero-order chi connectivity index (χ0) is 34.7. The molecule has 0 aliphatic heterocycles. The van der Waals surface area contributed by atoms with Crippen LogP contribution in [0.3, 0.4) is 0 Å². The van der Waals surface area contributed by atoms with Crippen molar-refractivity contribution in [2.24, 2.45) is 0 Å². The topological polar surface area (TPSA) is 3.24 Å². The van der Waals surface area contributed by atoms with Gasteiger partial charge < -0.3 is 0 Å². The first-order valence-corrected chi connectivity index (χ1v) is 20.2. The summed E-state index contributed by atoms with van der Waals surface area (Å²) in [5.74, 6) is 0. The Morgan fingerprint density at radius 3 is 1.20 bits per heavy atom. The van der Waals surface area contributed by atoms with Gasteiger partial charge in [0.15, 0.2) is 0 Å². The molecular weight excluding hydrogens is 622 g/mol. The Bertz CT molecular complexity index is 2040. The Hall–Kier alpha value is -4.97. The second-order valence-corrected chi connectivity index (χ2v) is 18.3. The van der Waals surface area contributed by atoms with Crippen molar-refractivity contribution in [3.63, 3.8) is 0 Å². The van der Waals surface area contributed by atoms with Crippen LogP contribution in [-0.2, 0) is 6.42 Å². The van der Waals surface area contributed by atoms with Crippen molar-refractivity contribution >= 4 is 51.0 Å². The van der Waals surface area contributed by atoms with Gasteiger partial charge in [-0.3, -0.25) is 0 Å². The van der Waals surface area contributed by atoms with Gasteiger partial charge in [0.05, 0.1) is 0 Å². The molecule has 0 saturated carbocycles. The first-order valence-electron chi connectivity index (χ1n) is 18.0. The standard InChI is InChI=1S/C48H48NP/c1-35-8-21-43(22-9-35)49(44-23-10-36(2)11-24-44)45-25-20-41-19-18-40(33-42(41)34-45)7-6-32-50(46-26-12-37(3)13-27-46,47-28-14-38(4)15-29-47)48-30-16-39(5)17-31-48/h8-31,33-34,50H,6-7,32H2,1-5H3. The van der Waals surface area contributed by atoms with E-state index >= 15 is 0 Å². The summed E-state index contributed by atoms with van der Waals surface area (Å²) in [5.41, 5.74) is 11.4. The molecule has 2 heteroatoms. The van der Waals surface area contributed by atoms with E-state index in [2.05, 4.69) is 197 Å². The van der Waals surface area contributed by atoms with Crippen LogP contribution in [0.5, 0.6) is 0 Å². The number of hydrogen-bond donors (Lipinski definition) is 0. The van der Waals surface area contributed by atoms with Gasteiger partial charge in [0, 0.05) is 0 Å². The van der Waals surface area contributed by atoms with Crippen LogP contribution >= 0.6 is 7.26 Å². The predicted molar refractivity (Wildman–Crippen MR) is 222 cm³/mol. The van der Waals surface area contributed by atoms with Crippen molar-refractivity contribution in [2.45, 2.75) is 47.5 Å². The van der Waals surface area contributed by atoms with Crippen molar-refractivity contribution in [2.75, 3.05) is 11.1 Å². The molecule has 0 heterocycles. The van der Waals surface area contributed by atoms with Crippen LogP contribution < -0.4 is 20.8 Å². The molecule has 0 aliphatic carbocycles. The number of rotatable bonds is 10. The van der Waals surface area contributed by atoms with Crippen molar-refractivity contribution in [1.29, 1.82) is 0 Å². The van der Waals surface area contributed by atoms with E-state index in [4.69, 9.17) is 0 Å². The van der Waals surface area contributed by atoms with E-state index in [1.54, 1.807) is 0 Å². The Labute approximate surface area is 299 Å². The number of benzene rings is 7. The predicted octanol–water partition coefficient (Wildman–Crippen LogP) is 11.5. The molecule has 0 aromatic heterocycles. The van der Waals surface area contributed by atoms with Crippen LogP contribution in [0.2, 0.25) is 0 Å². The third-order valence-corrected chi connectivity index (χ3v) is 15.4. The van der Waals surface area contributed by atoms with Crippen LogP contribution in [-0.4, -0.2) is 6.16 Å². The molecule has 0 aliphatic rings. The second kappa shape index (κ2) is 14.5. The Morgan fingerprint density at radius 1 is 0.380 bits per heavy atom. The van der Waals surface area contributed by atoms with Crippen LogP contribution in [0.15, 0.2) is 158 Å². The molecule has 0 N–H and O–H groups in total. The van der Waals surface area contributed by atoms with Gasteiger partial charge in [-0.2, -0.15) is 0 Å². The van der Waals surface area contributed by atoms with E-state index in [-0.39, 0.29) is 0 Å². The molecule has 7 aromatic rings. The molecule has 0 radical (unpaired) electrons. The van der Waals surface area contributed by atoms with Crippen LogP contribution in [0, 0.1) is 34.6 Å². The first kappa shape index (κ1) is 33.5. The number of hydrogen-bond acceptors (Lipinski definition) is 1. The number of anilines is 3. The maximum atomic E-state index is 2.42. The van der Waals surface area contributed by atoms with Gasteiger partial charge >= 0.3 is 276 Å². The molecule has 7 aromatic carbocycles. The first-order chi connectivity index (χ1) is 24.3. The van der Waals surface area contributed by atoms with Gasteiger partial charge in [0.2, 0.25) is 0 Å². The zero-order valence-electron chi connectivity index (χ0n) is 30.1. The molecule has 0 saturated heterocycles. The van der Waals surface area contributed by atoms with Crippen LogP contribution in [0.25, 0.3) is 10.8 Å². The molecule has 50 heavy (non-hydrogen) atoms. The normalized spacial score (nSPS) is 11.9. The van der Waals surface area contributed by atoms with E-state index in [1.807, 2.05) is 0 Å². The summed E-state index contributed by atoms with van der Waals surface area (Å²) in [4.78, 5) is 2.37. The van der Waals surface area contributed by atoms with Gasteiger partial charge in [-0.25, -0.2) is 0 Å². The van der Waals surface area contributed by atoms with Gasteiger partial charge in [-0.15, -0.1) is 0 Å². The fraction of sp³-hybridized carbons (Fsp3) is 0.167. The third kappa shape index (κ3) is 7.02. The summed E-state index contributed by atoms with van der Waals surface area (Å²) < 4.78 is 0. The van der Waals surface area contributed by atoms with E-state index in [9.17, 15) is 0 Å². The van der Waals surface area contributed by atoms with Crippen molar-refractivity contribution in [3.8, 4) is 0 Å². The molecule has 0 unspecified atom stereocenters. The van der Waals surface area contributed by atoms with Crippen LogP contribution in [0.4, 0.5) is 17.1 Å². The van der Waals surface area contributed by atoms with Crippen molar-refractivity contribution in [3.05, 3.63) is 191 Å². The quantitative estimate of drug-likeness (QED) is 0.131. The fourth-order valence-electron chi connectivity index (χ4n) is 7.42.